The van der Waals surface area contributed by atoms with Crippen molar-refractivity contribution in [3.63, 3.8) is 0 Å². The molecule has 152 valence electrons. The van der Waals surface area contributed by atoms with Crippen LogP contribution >= 0.6 is 0 Å². The molecule has 27 heavy (non-hydrogen) atoms. The standard InChI is InChI=1S/C20H35N5O2/c1-20(2,3)27-16-18(26)15-24-12-10-23(11-13-24)14-17-6-7-21-19(22-17)25-8-4-5-9-25/h6-7,18,26H,4-5,8-16H2,1-3H3/t18-/m1/s1. The van der Waals surface area contributed by atoms with Crippen LogP contribution in [0.5, 0.6) is 0 Å². The van der Waals surface area contributed by atoms with Crippen molar-refractivity contribution in [2.24, 2.45) is 0 Å². The summed E-state index contributed by atoms with van der Waals surface area (Å²) < 4.78 is 5.68. The number of anilines is 1. The van der Waals surface area contributed by atoms with Crippen molar-refractivity contribution < 1.29 is 9.84 Å². The van der Waals surface area contributed by atoms with Gasteiger partial charge in [-0.25, -0.2) is 9.97 Å². The first-order valence-corrected chi connectivity index (χ1v) is 10.2. The van der Waals surface area contributed by atoms with E-state index in [1.807, 2.05) is 33.0 Å². The van der Waals surface area contributed by atoms with Crippen LogP contribution in [0.15, 0.2) is 12.3 Å². The monoisotopic (exact) mass is 377 g/mol. The summed E-state index contributed by atoms with van der Waals surface area (Å²) in [5.41, 5.74) is 0.893. The Morgan fingerprint density at radius 1 is 1.07 bits per heavy atom. The van der Waals surface area contributed by atoms with Crippen LogP contribution in [-0.4, -0.2) is 89.0 Å². The Kier molecular flexibility index (Phi) is 7.03. The van der Waals surface area contributed by atoms with E-state index in [9.17, 15) is 5.11 Å². The number of aliphatic hydroxyl groups is 1. The molecule has 7 nitrogen and oxygen atoms in total. The minimum Gasteiger partial charge on any atom is -0.389 e. The maximum absolute atomic E-state index is 10.2. The Balaban J connectivity index is 1.41. The lowest BCUT2D eigenvalue weighted by molar-refractivity contribution is -0.0587. The molecule has 2 aliphatic heterocycles. The van der Waals surface area contributed by atoms with E-state index in [0.29, 0.717) is 13.2 Å². The first-order valence-electron chi connectivity index (χ1n) is 10.2. The molecular weight excluding hydrogens is 342 g/mol. The zero-order chi connectivity index (χ0) is 19.3. The van der Waals surface area contributed by atoms with Gasteiger partial charge in [-0.2, -0.15) is 0 Å². The second kappa shape index (κ2) is 9.28. The molecule has 0 amide bonds. The summed E-state index contributed by atoms with van der Waals surface area (Å²) in [5.74, 6) is 0.880. The van der Waals surface area contributed by atoms with Gasteiger partial charge in [0.1, 0.15) is 0 Å². The molecule has 2 fully saturated rings. The number of ether oxygens (including phenoxy) is 1. The van der Waals surface area contributed by atoms with E-state index in [1.54, 1.807) is 0 Å². The number of hydrogen-bond donors (Lipinski definition) is 1. The number of nitrogens with zero attached hydrogens (tertiary/aromatic N) is 5. The lowest BCUT2D eigenvalue weighted by Crippen LogP contribution is -2.49. The molecule has 1 atom stereocenters. The molecule has 2 aliphatic rings. The van der Waals surface area contributed by atoms with Crippen LogP contribution in [0.3, 0.4) is 0 Å². The highest BCUT2D eigenvalue weighted by atomic mass is 16.5. The lowest BCUT2D eigenvalue weighted by Gasteiger charge is -2.35. The molecule has 1 aromatic rings. The predicted octanol–water partition coefficient (Wildman–Crippen LogP) is 1.37. The average Bonchev–Trinajstić information content (AvgIpc) is 3.16. The van der Waals surface area contributed by atoms with Gasteiger partial charge < -0.3 is 14.7 Å². The van der Waals surface area contributed by atoms with E-state index in [1.165, 1.54) is 12.8 Å². The Labute approximate surface area is 163 Å². The van der Waals surface area contributed by atoms with Gasteiger partial charge in [0.05, 0.1) is 24.0 Å². The molecule has 2 saturated heterocycles. The van der Waals surface area contributed by atoms with Gasteiger partial charge in [0.25, 0.3) is 0 Å². The third kappa shape index (κ3) is 6.68. The van der Waals surface area contributed by atoms with Crippen LogP contribution in [-0.2, 0) is 11.3 Å². The Hall–Kier alpha value is -1.28. The minimum absolute atomic E-state index is 0.203. The van der Waals surface area contributed by atoms with Crippen molar-refractivity contribution in [2.45, 2.75) is 51.9 Å². The van der Waals surface area contributed by atoms with Gasteiger partial charge in [0, 0.05) is 58.6 Å². The quantitative estimate of drug-likeness (QED) is 0.770. The molecule has 0 aliphatic carbocycles. The molecule has 0 bridgehead atoms. The van der Waals surface area contributed by atoms with E-state index in [4.69, 9.17) is 9.72 Å². The molecule has 0 spiro atoms. The SMILES string of the molecule is CC(C)(C)OC[C@H](O)CN1CCN(Cc2ccnc(N3CCCC3)n2)CC1. The molecule has 7 heteroatoms. The van der Waals surface area contributed by atoms with E-state index >= 15 is 0 Å². The Morgan fingerprint density at radius 3 is 2.41 bits per heavy atom. The molecule has 3 rings (SSSR count). The number of piperazine rings is 1. The second-order valence-electron chi connectivity index (χ2n) is 8.70. The molecule has 0 unspecified atom stereocenters. The van der Waals surface area contributed by atoms with Crippen molar-refractivity contribution in [1.82, 2.24) is 19.8 Å². The molecule has 0 aromatic carbocycles. The largest absolute Gasteiger partial charge is 0.389 e. The predicted molar refractivity (Wildman–Crippen MR) is 107 cm³/mol. The van der Waals surface area contributed by atoms with Crippen molar-refractivity contribution in [3.05, 3.63) is 18.0 Å². The third-order valence-electron chi connectivity index (χ3n) is 5.12. The first kappa shape index (κ1) is 20.5. The summed E-state index contributed by atoms with van der Waals surface area (Å²) in [4.78, 5) is 16.2. The normalized spacial score (nSPS) is 21.0. The maximum atomic E-state index is 10.2. The highest BCUT2D eigenvalue weighted by molar-refractivity contribution is 5.31. The van der Waals surface area contributed by atoms with Gasteiger partial charge in [0.15, 0.2) is 0 Å². The molecule has 0 radical (unpaired) electrons. The van der Waals surface area contributed by atoms with Gasteiger partial charge in [-0.05, 0) is 39.7 Å². The van der Waals surface area contributed by atoms with Crippen molar-refractivity contribution in [1.29, 1.82) is 0 Å². The van der Waals surface area contributed by atoms with Gasteiger partial charge in [-0.3, -0.25) is 9.80 Å². The summed E-state index contributed by atoms with van der Waals surface area (Å²) in [7, 11) is 0. The summed E-state index contributed by atoms with van der Waals surface area (Å²) in [5, 5.41) is 10.2. The van der Waals surface area contributed by atoms with E-state index in [-0.39, 0.29) is 5.60 Å². The van der Waals surface area contributed by atoms with Gasteiger partial charge >= 0.3 is 0 Å². The fourth-order valence-electron chi connectivity index (χ4n) is 3.60. The minimum atomic E-state index is -0.430. The van der Waals surface area contributed by atoms with Crippen molar-refractivity contribution in [2.75, 3.05) is 57.3 Å². The molecule has 0 saturated carbocycles. The number of aromatic nitrogens is 2. The van der Waals surface area contributed by atoms with Gasteiger partial charge in [-0.1, -0.05) is 0 Å². The van der Waals surface area contributed by atoms with Gasteiger partial charge in [-0.15, -0.1) is 0 Å². The highest BCUT2D eigenvalue weighted by Crippen LogP contribution is 2.16. The first-order chi connectivity index (χ1) is 12.9. The van der Waals surface area contributed by atoms with Crippen LogP contribution in [0.2, 0.25) is 0 Å². The van der Waals surface area contributed by atoms with Crippen molar-refractivity contribution in [3.8, 4) is 0 Å². The lowest BCUT2D eigenvalue weighted by atomic mass is 10.2. The highest BCUT2D eigenvalue weighted by Gasteiger charge is 2.22. The fourth-order valence-corrected chi connectivity index (χ4v) is 3.60. The average molecular weight is 378 g/mol. The number of rotatable bonds is 7. The summed E-state index contributed by atoms with van der Waals surface area (Å²) in [6.45, 7) is 14.1. The van der Waals surface area contributed by atoms with E-state index < -0.39 is 6.10 Å². The third-order valence-corrected chi connectivity index (χ3v) is 5.12. The van der Waals surface area contributed by atoms with E-state index in [0.717, 1.165) is 57.5 Å². The summed E-state index contributed by atoms with van der Waals surface area (Å²) >= 11 is 0. The molecule has 1 aromatic heterocycles. The zero-order valence-corrected chi connectivity index (χ0v) is 17.1. The van der Waals surface area contributed by atoms with Crippen molar-refractivity contribution >= 4 is 5.95 Å². The number of β-amino-alcohol motifs (C(OH)–C–C–N with tert-alkyl or cyclic N) is 1. The van der Waals surface area contributed by atoms with Crippen LogP contribution in [0, 0.1) is 0 Å². The maximum Gasteiger partial charge on any atom is 0.225 e. The zero-order valence-electron chi connectivity index (χ0n) is 17.1. The van der Waals surface area contributed by atoms with Gasteiger partial charge in [0.2, 0.25) is 5.95 Å². The molecule has 3 heterocycles. The van der Waals surface area contributed by atoms with Crippen LogP contribution in [0.25, 0.3) is 0 Å². The Morgan fingerprint density at radius 2 is 1.74 bits per heavy atom. The molecule has 1 N–H and O–H groups in total. The number of hydrogen-bond acceptors (Lipinski definition) is 7. The number of aliphatic hydroxyl groups excluding tert-OH is 1. The Bertz CT molecular complexity index is 578. The summed E-state index contributed by atoms with van der Waals surface area (Å²) in [6.07, 6.45) is 3.93. The topological polar surface area (TPSA) is 65.0 Å². The van der Waals surface area contributed by atoms with Crippen LogP contribution in [0.4, 0.5) is 5.95 Å². The summed E-state index contributed by atoms with van der Waals surface area (Å²) in [6, 6.07) is 2.03. The fraction of sp³-hybridized carbons (Fsp3) is 0.800. The van der Waals surface area contributed by atoms with Crippen LogP contribution in [0.1, 0.15) is 39.3 Å². The van der Waals surface area contributed by atoms with Crippen LogP contribution < -0.4 is 4.90 Å². The molecular formula is C20H35N5O2. The smallest absolute Gasteiger partial charge is 0.225 e. The second-order valence-corrected chi connectivity index (χ2v) is 8.70. The van der Waals surface area contributed by atoms with E-state index in [2.05, 4.69) is 19.7 Å².